The van der Waals surface area contributed by atoms with E-state index < -0.39 is 0 Å². The summed E-state index contributed by atoms with van der Waals surface area (Å²) in [4.78, 5) is 30.7. The van der Waals surface area contributed by atoms with Crippen molar-refractivity contribution in [3.63, 3.8) is 0 Å². The quantitative estimate of drug-likeness (QED) is 0.355. The number of amides is 2. The Labute approximate surface area is 163 Å². The molecule has 7 nitrogen and oxygen atoms in total. The van der Waals surface area contributed by atoms with Gasteiger partial charge in [-0.1, -0.05) is 0 Å². The fourth-order valence-electron chi connectivity index (χ4n) is 4.70. The van der Waals surface area contributed by atoms with Crippen molar-refractivity contribution in [3.05, 3.63) is 47.5 Å². The van der Waals surface area contributed by atoms with E-state index in [1.165, 1.54) is 7.05 Å². The molecule has 0 saturated carbocycles. The average Bonchev–Trinajstić information content (AvgIpc) is 3.27. The van der Waals surface area contributed by atoms with Gasteiger partial charge in [-0.3, -0.25) is 14.5 Å². The molecule has 0 atom stereocenters. The Morgan fingerprint density at radius 1 is 0.828 bits per heavy atom. The lowest BCUT2D eigenvalue weighted by Gasteiger charge is -2.05. The first kappa shape index (κ1) is 16.0. The third-order valence-electron chi connectivity index (χ3n) is 5.99. The molecule has 2 aromatic heterocycles. The average molecular weight is 385 g/mol. The molecule has 0 aliphatic carbocycles. The summed E-state index contributed by atoms with van der Waals surface area (Å²) in [6.45, 7) is 0. The number of aromatic amines is 1. The number of carbonyl (C=O) groups excluding carboxylic acids is 2. The lowest BCUT2D eigenvalue weighted by atomic mass is 9.96. The molecule has 7 heteroatoms. The van der Waals surface area contributed by atoms with Crippen LogP contribution in [0.3, 0.4) is 0 Å². The molecule has 0 bridgehead atoms. The third kappa shape index (κ3) is 1.73. The number of phenols is 2. The zero-order valence-corrected chi connectivity index (χ0v) is 15.6. The molecule has 3 N–H and O–H groups in total. The van der Waals surface area contributed by atoms with Crippen molar-refractivity contribution in [1.29, 1.82) is 0 Å². The van der Waals surface area contributed by atoms with Crippen molar-refractivity contribution in [2.75, 3.05) is 7.05 Å². The van der Waals surface area contributed by atoms with Crippen LogP contribution in [0.5, 0.6) is 11.5 Å². The molecule has 1 aliphatic heterocycles. The van der Waals surface area contributed by atoms with Gasteiger partial charge in [0, 0.05) is 46.7 Å². The largest absolute Gasteiger partial charge is 0.508 e. The lowest BCUT2D eigenvalue weighted by Crippen LogP contribution is -2.24. The highest BCUT2D eigenvalue weighted by molar-refractivity contribution is 6.39. The molecular formula is C22H15N3O4. The Hall–Kier alpha value is -4.00. The van der Waals surface area contributed by atoms with E-state index in [0.29, 0.717) is 38.2 Å². The standard InChI is InChI=1S/C22H15N3O4/c1-24-14-6-4-10(27)8-12(14)16-18-17(21(28)25(2)22(18)29)15-11-7-9(26)3-5-13(11)23-19(15)20(16)24/h3-8,23,26-27H,1-2H3. The van der Waals surface area contributed by atoms with Crippen LogP contribution in [0.25, 0.3) is 43.6 Å². The molecule has 3 aromatic carbocycles. The summed E-state index contributed by atoms with van der Waals surface area (Å²) in [5.41, 5.74) is 3.74. The molecular weight excluding hydrogens is 370 g/mol. The molecule has 0 saturated heterocycles. The van der Waals surface area contributed by atoms with E-state index in [1.54, 1.807) is 36.4 Å². The fraction of sp³-hybridized carbons (Fsp3) is 0.0909. The molecule has 0 radical (unpaired) electrons. The summed E-state index contributed by atoms with van der Waals surface area (Å²) in [5, 5.41) is 22.7. The second kappa shape index (κ2) is 4.88. The molecule has 3 heterocycles. The van der Waals surface area contributed by atoms with E-state index in [0.717, 1.165) is 21.5 Å². The minimum absolute atomic E-state index is 0.0827. The maximum atomic E-state index is 13.1. The minimum atomic E-state index is -0.377. The second-order valence-electron chi connectivity index (χ2n) is 7.51. The molecule has 142 valence electrons. The molecule has 2 amide bonds. The van der Waals surface area contributed by atoms with E-state index in [9.17, 15) is 19.8 Å². The number of aromatic hydroxyl groups is 2. The van der Waals surface area contributed by atoms with Gasteiger partial charge in [-0.25, -0.2) is 0 Å². The van der Waals surface area contributed by atoms with Crippen molar-refractivity contribution in [1.82, 2.24) is 14.5 Å². The first-order valence-electron chi connectivity index (χ1n) is 9.12. The minimum Gasteiger partial charge on any atom is -0.508 e. The predicted molar refractivity (Wildman–Crippen MR) is 110 cm³/mol. The second-order valence-corrected chi connectivity index (χ2v) is 7.51. The highest BCUT2D eigenvalue weighted by Gasteiger charge is 2.39. The van der Waals surface area contributed by atoms with Crippen LogP contribution in [0, 0.1) is 0 Å². The highest BCUT2D eigenvalue weighted by Crippen LogP contribution is 2.45. The van der Waals surface area contributed by atoms with Crippen LogP contribution in [-0.4, -0.2) is 43.5 Å². The first-order chi connectivity index (χ1) is 13.9. The summed E-state index contributed by atoms with van der Waals surface area (Å²) in [7, 11) is 3.36. The van der Waals surface area contributed by atoms with Gasteiger partial charge in [0.05, 0.1) is 22.2 Å². The number of imide groups is 1. The smallest absolute Gasteiger partial charge is 0.262 e. The Morgan fingerprint density at radius 3 is 2.17 bits per heavy atom. The number of carbonyl (C=O) groups is 2. The summed E-state index contributed by atoms with van der Waals surface area (Å²) in [6, 6.07) is 9.94. The molecule has 6 rings (SSSR count). The van der Waals surface area contributed by atoms with Crippen molar-refractivity contribution in [3.8, 4) is 11.5 Å². The number of rotatable bonds is 0. The Balaban J connectivity index is 2.02. The van der Waals surface area contributed by atoms with E-state index >= 15 is 0 Å². The van der Waals surface area contributed by atoms with Crippen LogP contribution in [0.4, 0.5) is 0 Å². The number of nitrogens with zero attached hydrogens (tertiary/aromatic N) is 2. The number of H-pyrrole nitrogens is 1. The van der Waals surface area contributed by atoms with Gasteiger partial charge >= 0.3 is 0 Å². The van der Waals surface area contributed by atoms with Gasteiger partial charge in [0.25, 0.3) is 11.8 Å². The fourth-order valence-corrected chi connectivity index (χ4v) is 4.70. The molecule has 0 fully saturated rings. The van der Waals surface area contributed by atoms with E-state index in [-0.39, 0.29) is 23.3 Å². The van der Waals surface area contributed by atoms with Gasteiger partial charge in [0.1, 0.15) is 11.5 Å². The van der Waals surface area contributed by atoms with Crippen molar-refractivity contribution >= 4 is 55.4 Å². The van der Waals surface area contributed by atoms with Gasteiger partial charge in [-0.05, 0) is 36.4 Å². The molecule has 0 unspecified atom stereocenters. The highest BCUT2D eigenvalue weighted by atomic mass is 16.3. The number of fused-ring (bicyclic) bond motifs is 10. The lowest BCUT2D eigenvalue weighted by molar-refractivity contribution is 0.0694. The molecule has 1 aliphatic rings. The number of hydrogen-bond acceptors (Lipinski definition) is 4. The summed E-state index contributed by atoms with van der Waals surface area (Å²) in [6.07, 6.45) is 0. The Morgan fingerprint density at radius 2 is 1.45 bits per heavy atom. The summed E-state index contributed by atoms with van der Waals surface area (Å²) >= 11 is 0. The number of aryl methyl sites for hydroxylation is 1. The van der Waals surface area contributed by atoms with Crippen LogP contribution in [0.1, 0.15) is 20.7 Å². The zero-order valence-electron chi connectivity index (χ0n) is 15.6. The number of hydrogen-bond donors (Lipinski definition) is 3. The number of phenolic OH excluding ortho intramolecular Hbond substituents is 2. The van der Waals surface area contributed by atoms with Crippen molar-refractivity contribution in [2.45, 2.75) is 0 Å². The van der Waals surface area contributed by atoms with Crippen LogP contribution in [0.15, 0.2) is 36.4 Å². The number of aromatic nitrogens is 2. The predicted octanol–water partition coefficient (Wildman–Crippen LogP) is 3.60. The summed E-state index contributed by atoms with van der Waals surface area (Å²) in [5.74, 6) is -0.578. The maximum absolute atomic E-state index is 13.1. The third-order valence-corrected chi connectivity index (χ3v) is 5.99. The maximum Gasteiger partial charge on any atom is 0.262 e. The van der Waals surface area contributed by atoms with Crippen LogP contribution in [0.2, 0.25) is 0 Å². The van der Waals surface area contributed by atoms with Crippen molar-refractivity contribution < 1.29 is 19.8 Å². The number of benzene rings is 3. The number of nitrogens with one attached hydrogen (secondary N) is 1. The van der Waals surface area contributed by atoms with E-state index in [1.807, 2.05) is 11.6 Å². The van der Waals surface area contributed by atoms with E-state index in [4.69, 9.17) is 0 Å². The molecule has 0 spiro atoms. The van der Waals surface area contributed by atoms with Gasteiger partial charge in [0.2, 0.25) is 0 Å². The SMILES string of the molecule is CN1C(=O)c2c(c3c4cc(O)ccc4n(C)c3c3[nH]c4ccc(O)cc4c23)C1=O. The van der Waals surface area contributed by atoms with Crippen LogP contribution < -0.4 is 0 Å². The van der Waals surface area contributed by atoms with Gasteiger partial charge in [-0.2, -0.15) is 0 Å². The van der Waals surface area contributed by atoms with Gasteiger partial charge < -0.3 is 19.8 Å². The van der Waals surface area contributed by atoms with Crippen LogP contribution in [-0.2, 0) is 7.05 Å². The van der Waals surface area contributed by atoms with E-state index in [2.05, 4.69) is 4.98 Å². The monoisotopic (exact) mass is 385 g/mol. The van der Waals surface area contributed by atoms with Crippen molar-refractivity contribution in [2.24, 2.45) is 7.05 Å². The Kier molecular flexibility index (Phi) is 2.69. The zero-order chi connectivity index (χ0) is 20.2. The topological polar surface area (TPSA) is 98.6 Å². The first-order valence-corrected chi connectivity index (χ1v) is 9.12. The van der Waals surface area contributed by atoms with Crippen LogP contribution >= 0.6 is 0 Å². The van der Waals surface area contributed by atoms with Gasteiger partial charge in [-0.15, -0.1) is 0 Å². The molecule has 29 heavy (non-hydrogen) atoms. The summed E-state index contributed by atoms with van der Waals surface area (Å²) < 4.78 is 1.96. The van der Waals surface area contributed by atoms with Gasteiger partial charge in [0.15, 0.2) is 0 Å². The molecule has 5 aromatic rings. The normalized spacial score (nSPS) is 14.2. The Bertz CT molecular complexity index is 1590.